The highest BCUT2D eigenvalue weighted by atomic mass is 16.2. The molecule has 0 spiro atoms. The number of aromatic nitrogens is 1. The van der Waals surface area contributed by atoms with E-state index in [-0.39, 0.29) is 5.91 Å². The van der Waals surface area contributed by atoms with Gasteiger partial charge in [0, 0.05) is 24.2 Å². The van der Waals surface area contributed by atoms with Crippen LogP contribution in [0, 0.1) is 0 Å². The minimum absolute atomic E-state index is 0.191. The molecule has 3 N–H and O–H groups in total. The van der Waals surface area contributed by atoms with Crippen molar-refractivity contribution in [2.24, 2.45) is 0 Å². The van der Waals surface area contributed by atoms with Crippen molar-refractivity contribution >= 4 is 17.7 Å². The molecule has 0 atom stereocenters. The van der Waals surface area contributed by atoms with Crippen LogP contribution in [0.5, 0.6) is 0 Å². The maximum Gasteiger partial charge on any atom is 0.262 e. The molecule has 86 valence electrons. The van der Waals surface area contributed by atoms with Crippen molar-refractivity contribution in [2.75, 3.05) is 11.2 Å². The molecule has 1 aromatic heterocycles. The van der Waals surface area contributed by atoms with E-state index in [2.05, 4.69) is 5.43 Å². The van der Waals surface area contributed by atoms with E-state index in [0.717, 1.165) is 5.56 Å². The molecule has 1 aromatic carbocycles. The van der Waals surface area contributed by atoms with Crippen molar-refractivity contribution in [1.82, 2.24) is 4.68 Å². The van der Waals surface area contributed by atoms with Gasteiger partial charge in [-0.15, -0.1) is 0 Å². The fraction of sp³-hybridized carbons (Fsp3) is 0. The van der Waals surface area contributed by atoms with Gasteiger partial charge in [-0.2, -0.15) is 0 Å². The van der Waals surface area contributed by atoms with Gasteiger partial charge in [0.05, 0.1) is 0 Å². The van der Waals surface area contributed by atoms with Gasteiger partial charge in [0.2, 0.25) is 0 Å². The van der Waals surface area contributed by atoms with Crippen molar-refractivity contribution in [3.8, 4) is 0 Å². The van der Waals surface area contributed by atoms with Gasteiger partial charge in [-0.3, -0.25) is 14.9 Å². The molecule has 4 nitrogen and oxygen atoms in total. The summed E-state index contributed by atoms with van der Waals surface area (Å²) in [5.74, 6) is -0.191. The molecule has 0 aliphatic heterocycles. The number of nitrogen functional groups attached to an aromatic ring is 1. The van der Waals surface area contributed by atoms with Crippen LogP contribution in [0.15, 0.2) is 54.9 Å². The van der Waals surface area contributed by atoms with Gasteiger partial charge < -0.3 is 5.73 Å². The van der Waals surface area contributed by atoms with Crippen molar-refractivity contribution in [1.29, 1.82) is 0 Å². The molecule has 0 aliphatic rings. The standard InChI is InChI=1S/C13H13N3O/c14-12-5-3-4-11(10-12)6-7-13(17)15-16-8-1-2-9-16/h1-10H,14H2,(H,15,17)/b7-6+. The number of nitrogens with two attached hydrogens (primary N) is 1. The number of nitrogens with zero attached hydrogens (tertiary/aromatic N) is 1. The second kappa shape index (κ2) is 5.03. The number of carbonyl (C=O) groups excluding carboxylic acids is 1. The lowest BCUT2D eigenvalue weighted by Gasteiger charge is -2.01. The van der Waals surface area contributed by atoms with Crippen LogP contribution in [-0.2, 0) is 4.79 Å². The molecule has 17 heavy (non-hydrogen) atoms. The maximum absolute atomic E-state index is 11.5. The zero-order valence-electron chi connectivity index (χ0n) is 9.21. The van der Waals surface area contributed by atoms with Crippen LogP contribution in [-0.4, -0.2) is 10.6 Å². The molecule has 0 saturated carbocycles. The molecule has 0 radical (unpaired) electrons. The normalized spacial score (nSPS) is 10.6. The summed E-state index contributed by atoms with van der Waals surface area (Å²) in [5, 5.41) is 0. The fourth-order valence-corrected chi connectivity index (χ4v) is 1.41. The molecule has 0 aliphatic carbocycles. The van der Waals surface area contributed by atoms with Gasteiger partial charge in [-0.1, -0.05) is 12.1 Å². The van der Waals surface area contributed by atoms with Gasteiger partial charge in [0.15, 0.2) is 0 Å². The molecule has 0 bridgehead atoms. The van der Waals surface area contributed by atoms with Gasteiger partial charge in [-0.25, -0.2) is 0 Å². The van der Waals surface area contributed by atoms with Crippen LogP contribution in [0.1, 0.15) is 5.56 Å². The lowest BCUT2D eigenvalue weighted by Crippen LogP contribution is -2.18. The predicted molar refractivity (Wildman–Crippen MR) is 68.7 cm³/mol. The highest BCUT2D eigenvalue weighted by Crippen LogP contribution is 2.07. The first kappa shape index (κ1) is 11.0. The van der Waals surface area contributed by atoms with E-state index >= 15 is 0 Å². The van der Waals surface area contributed by atoms with Crippen molar-refractivity contribution in [2.45, 2.75) is 0 Å². The first-order valence-corrected chi connectivity index (χ1v) is 5.21. The lowest BCUT2D eigenvalue weighted by molar-refractivity contribution is -0.112. The van der Waals surface area contributed by atoms with E-state index < -0.39 is 0 Å². The number of hydrogen-bond donors (Lipinski definition) is 2. The predicted octanol–water partition coefficient (Wildman–Crippen LogP) is 1.85. The summed E-state index contributed by atoms with van der Waals surface area (Å²) in [6.07, 6.45) is 6.70. The Hall–Kier alpha value is -2.49. The van der Waals surface area contributed by atoms with Crippen LogP contribution in [0.25, 0.3) is 6.08 Å². The van der Waals surface area contributed by atoms with Crippen LogP contribution in [0.2, 0.25) is 0 Å². The highest BCUT2D eigenvalue weighted by Gasteiger charge is 1.95. The van der Waals surface area contributed by atoms with Crippen molar-refractivity contribution in [3.05, 3.63) is 60.4 Å². The quantitative estimate of drug-likeness (QED) is 0.621. The Kier molecular flexibility index (Phi) is 3.25. The van der Waals surface area contributed by atoms with E-state index in [0.29, 0.717) is 5.69 Å². The molecular formula is C13H13N3O. The zero-order chi connectivity index (χ0) is 12.1. The third-order valence-corrected chi connectivity index (χ3v) is 2.18. The fourth-order valence-electron chi connectivity index (χ4n) is 1.41. The summed E-state index contributed by atoms with van der Waals surface area (Å²) in [6.45, 7) is 0. The van der Waals surface area contributed by atoms with E-state index in [1.54, 1.807) is 35.3 Å². The number of rotatable bonds is 3. The molecule has 4 heteroatoms. The molecule has 2 rings (SSSR count). The van der Waals surface area contributed by atoms with Crippen LogP contribution in [0.4, 0.5) is 5.69 Å². The minimum atomic E-state index is -0.191. The third-order valence-electron chi connectivity index (χ3n) is 2.18. The smallest absolute Gasteiger partial charge is 0.262 e. The Morgan fingerprint density at radius 3 is 2.71 bits per heavy atom. The molecule has 0 saturated heterocycles. The van der Waals surface area contributed by atoms with E-state index in [1.165, 1.54) is 6.08 Å². The average molecular weight is 227 g/mol. The maximum atomic E-state index is 11.5. The second-order valence-corrected chi connectivity index (χ2v) is 3.57. The summed E-state index contributed by atoms with van der Waals surface area (Å²) in [6, 6.07) is 11.0. The average Bonchev–Trinajstić information content (AvgIpc) is 2.79. The van der Waals surface area contributed by atoms with Gasteiger partial charge in [-0.05, 0) is 35.9 Å². The van der Waals surface area contributed by atoms with Crippen molar-refractivity contribution in [3.63, 3.8) is 0 Å². The molecule has 0 unspecified atom stereocenters. The van der Waals surface area contributed by atoms with E-state index in [1.807, 2.05) is 24.3 Å². The molecule has 2 aromatic rings. The largest absolute Gasteiger partial charge is 0.399 e. The monoisotopic (exact) mass is 227 g/mol. The SMILES string of the molecule is Nc1cccc(/C=C/C(=O)Nn2cccc2)c1. The van der Waals surface area contributed by atoms with Crippen LogP contribution >= 0.6 is 0 Å². The van der Waals surface area contributed by atoms with Gasteiger partial charge >= 0.3 is 0 Å². The van der Waals surface area contributed by atoms with E-state index in [4.69, 9.17) is 5.73 Å². The second-order valence-electron chi connectivity index (χ2n) is 3.57. The Labute approximate surface area is 99.3 Å². The molecular weight excluding hydrogens is 214 g/mol. The van der Waals surface area contributed by atoms with E-state index in [9.17, 15) is 4.79 Å². The summed E-state index contributed by atoms with van der Waals surface area (Å²) >= 11 is 0. The first-order valence-electron chi connectivity index (χ1n) is 5.21. The number of nitrogens with one attached hydrogen (secondary N) is 1. The number of hydrogen-bond acceptors (Lipinski definition) is 2. The summed E-state index contributed by atoms with van der Waals surface area (Å²) in [5.41, 5.74) is 9.88. The molecule has 0 fully saturated rings. The number of carbonyl (C=O) groups is 1. The summed E-state index contributed by atoms with van der Waals surface area (Å²) in [7, 11) is 0. The first-order chi connectivity index (χ1) is 8.24. The number of amides is 1. The number of benzene rings is 1. The highest BCUT2D eigenvalue weighted by molar-refractivity contribution is 5.97. The summed E-state index contributed by atoms with van der Waals surface area (Å²) < 4.78 is 1.59. The third kappa shape index (κ3) is 3.24. The zero-order valence-corrected chi connectivity index (χ0v) is 9.21. The Morgan fingerprint density at radius 1 is 1.24 bits per heavy atom. The Morgan fingerprint density at radius 2 is 2.00 bits per heavy atom. The topological polar surface area (TPSA) is 60.1 Å². The molecule has 1 amide bonds. The Bertz CT molecular complexity index is 529. The van der Waals surface area contributed by atoms with Crippen molar-refractivity contribution < 1.29 is 4.79 Å². The Balaban J connectivity index is 1.99. The van der Waals surface area contributed by atoms with Crippen LogP contribution < -0.4 is 11.2 Å². The summed E-state index contributed by atoms with van der Waals surface area (Å²) in [4.78, 5) is 11.5. The van der Waals surface area contributed by atoms with Gasteiger partial charge in [0.1, 0.15) is 0 Å². The van der Waals surface area contributed by atoms with Crippen LogP contribution in [0.3, 0.4) is 0 Å². The number of anilines is 1. The molecule has 1 heterocycles. The minimum Gasteiger partial charge on any atom is -0.399 e. The lowest BCUT2D eigenvalue weighted by atomic mass is 10.2. The van der Waals surface area contributed by atoms with Gasteiger partial charge in [0.25, 0.3) is 5.91 Å².